The average Bonchev–Trinajstić information content (AvgIpc) is 2.47. The maximum atomic E-state index is 12.3. The number of hydrogen-bond donors (Lipinski definition) is 0. The standard InChI is InChI=1S/C15H18ClNO3/c1-15(2,3)20-14(19)17-8-4-5-13(18)11-9-10(16)6-7-12(11)17/h6-7,9H,4-5,8H2,1-3H3. The predicted octanol–water partition coefficient (Wildman–Crippen LogP) is 4.06. The summed E-state index contributed by atoms with van der Waals surface area (Å²) >= 11 is 5.94. The van der Waals surface area contributed by atoms with Crippen LogP contribution in [0.1, 0.15) is 44.0 Å². The van der Waals surface area contributed by atoms with E-state index in [1.807, 2.05) is 20.8 Å². The van der Waals surface area contributed by atoms with Crippen molar-refractivity contribution in [3.63, 3.8) is 0 Å². The van der Waals surface area contributed by atoms with Gasteiger partial charge in [0.05, 0.1) is 5.69 Å². The van der Waals surface area contributed by atoms with E-state index in [-0.39, 0.29) is 5.78 Å². The van der Waals surface area contributed by atoms with Gasteiger partial charge in [0.1, 0.15) is 5.60 Å². The van der Waals surface area contributed by atoms with Crippen LogP contribution in [0.4, 0.5) is 10.5 Å². The minimum absolute atomic E-state index is 0.00792. The van der Waals surface area contributed by atoms with Crippen molar-refractivity contribution in [2.24, 2.45) is 0 Å². The molecule has 2 rings (SSSR count). The Morgan fingerprint density at radius 3 is 2.70 bits per heavy atom. The van der Waals surface area contributed by atoms with Crippen molar-refractivity contribution in [2.45, 2.75) is 39.2 Å². The molecule has 0 aromatic heterocycles. The summed E-state index contributed by atoms with van der Waals surface area (Å²) in [5, 5.41) is 0.489. The van der Waals surface area contributed by atoms with Crippen molar-refractivity contribution in [2.75, 3.05) is 11.4 Å². The van der Waals surface area contributed by atoms with Gasteiger partial charge in [0.2, 0.25) is 0 Å². The van der Waals surface area contributed by atoms with Crippen LogP contribution in [0.2, 0.25) is 5.02 Å². The van der Waals surface area contributed by atoms with E-state index in [9.17, 15) is 9.59 Å². The molecule has 1 heterocycles. The number of ketones is 1. The zero-order chi connectivity index (χ0) is 14.9. The van der Waals surface area contributed by atoms with Gasteiger partial charge in [-0.2, -0.15) is 0 Å². The lowest BCUT2D eigenvalue weighted by Gasteiger charge is -2.27. The van der Waals surface area contributed by atoms with Crippen LogP contribution in [0.3, 0.4) is 0 Å². The van der Waals surface area contributed by atoms with Crippen LogP contribution in [-0.4, -0.2) is 24.0 Å². The zero-order valence-electron chi connectivity index (χ0n) is 11.9. The molecule has 0 aliphatic carbocycles. The SMILES string of the molecule is CC(C)(C)OC(=O)N1CCCC(=O)c2cc(Cl)ccc21. The van der Waals surface area contributed by atoms with Gasteiger partial charge < -0.3 is 4.74 Å². The summed E-state index contributed by atoms with van der Waals surface area (Å²) in [7, 11) is 0. The van der Waals surface area contributed by atoms with E-state index in [1.54, 1.807) is 18.2 Å². The molecule has 0 radical (unpaired) electrons. The quantitative estimate of drug-likeness (QED) is 0.725. The molecule has 0 saturated carbocycles. The van der Waals surface area contributed by atoms with Gasteiger partial charge in [-0.1, -0.05) is 11.6 Å². The molecule has 20 heavy (non-hydrogen) atoms. The molecule has 1 aromatic carbocycles. The van der Waals surface area contributed by atoms with Crippen LogP contribution >= 0.6 is 11.6 Å². The van der Waals surface area contributed by atoms with Gasteiger partial charge in [0.15, 0.2) is 5.78 Å². The van der Waals surface area contributed by atoms with Gasteiger partial charge in [-0.05, 0) is 45.4 Å². The molecule has 0 N–H and O–H groups in total. The summed E-state index contributed by atoms with van der Waals surface area (Å²) < 4.78 is 5.40. The Labute approximate surface area is 123 Å². The maximum absolute atomic E-state index is 12.3. The lowest BCUT2D eigenvalue weighted by atomic mass is 10.1. The van der Waals surface area contributed by atoms with Crippen LogP contribution in [0.15, 0.2) is 18.2 Å². The summed E-state index contributed by atoms with van der Waals surface area (Å²) in [6.07, 6.45) is 0.590. The molecule has 0 unspecified atom stereocenters. The third-order valence-corrected chi connectivity index (χ3v) is 3.18. The van der Waals surface area contributed by atoms with Gasteiger partial charge in [0, 0.05) is 23.6 Å². The first-order chi connectivity index (χ1) is 9.28. The lowest BCUT2D eigenvalue weighted by Crippen LogP contribution is -2.37. The number of benzene rings is 1. The van der Waals surface area contributed by atoms with E-state index in [0.29, 0.717) is 35.7 Å². The minimum Gasteiger partial charge on any atom is -0.443 e. The van der Waals surface area contributed by atoms with Gasteiger partial charge >= 0.3 is 6.09 Å². The van der Waals surface area contributed by atoms with E-state index >= 15 is 0 Å². The number of Topliss-reactive ketones (excluding diaryl/α,β-unsaturated/α-hetero) is 1. The Balaban J connectivity index is 2.38. The molecule has 0 fully saturated rings. The molecule has 1 amide bonds. The molecular formula is C15H18ClNO3. The first kappa shape index (κ1) is 14.9. The highest BCUT2D eigenvalue weighted by atomic mass is 35.5. The van der Waals surface area contributed by atoms with Gasteiger partial charge in [-0.25, -0.2) is 4.79 Å². The van der Waals surface area contributed by atoms with E-state index in [4.69, 9.17) is 16.3 Å². The molecule has 1 aliphatic rings. The predicted molar refractivity (Wildman–Crippen MR) is 78.6 cm³/mol. The number of ether oxygens (including phenoxy) is 1. The second-order valence-electron chi connectivity index (χ2n) is 5.82. The molecule has 1 aromatic rings. The summed E-state index contributed by atoms with van der Waals surface area (Å²) in [5.74, 6) is 0.00792. The molecular weight excluding hydrogens is 278 g/mol. The number of carbonyl (C=O) groups excluding carboxylic acids is 2. The molecule has 4 nitrogen and oxygen atoms in total. The Morgan fingerprint density at radius 1 is 1.35 bits per heavy atom. The number of nitrogens with zero attached hydrogens (tertiary/aromatic N) is 1. The second kappa shape index (κ2) is 5.44. The smallest absolute Gasteiger partial charge is 0.414 e. The number of carbonyl (C=O) groups is 2. The van der Waals surface area contributed by atoms with Crippen LogP contribution in [0.25, 0.3) is 0 Å². The van der Waals surface area contributed by atoms with Crippen molar-refractivity contribution in [1.29, 1.82) is 0 Å². The largest absolute Gasteiger partial charge is 0.443 e. The number of fused-ring (bicyclic) bond motifs is 1. The Hall–Kier alpha value is -1.55. The van der Waals surface area contributed by atoms with Gasteiger partial charge in [0.25, 0.3) is 0 Å². The number of halogens is 1. The van der Waals surface area contributed by atoms with E-state index in [2.05, 4.69) is 0 Å². The normalized spacial score (nSPS) is 15.6. The van der Waals surface area contributed by atoms with Gasteiger partial charge in [-0.15, -0.1) is 0 Å². The molecule has 1 aliphatic heterocycles. The Kier molecular flexibility index (Phi) is 4.04. The fourth-order valence-corrected chi connectivity index (χ4v) is 2.30. The highest BCUT2D eigenvalue weighted by Crippen LogP contribution is 2.30. The number of hydrogen-bond acceptors (Lipinski definition) is 3. The van der Waals surface area contributed by atoms with E-state index in [0.717, 1.165) is 0 Å². The zero-order valence-corrected chi connectivity index (χ0v) is 12.7. The summed E-state index contributed by atoms with van der Waals surface area (Å²) in [5.41, 5.74) is 0.493. The lowest BCUT2D eigenvalue weighted by molar-refractivity contribution is 0.0580. The monoisotopic (exact) mass is 295 g/mol. The van der Waals surface area contributed by atoms with Crippen molar-refractivity contribution < 1.29 is 14.3 Å². The molecule has 0 spiro atoms. The molecule has 108 valence electrons. The first-order valence-corrected chi connectivity index (χ1v) is 6.99. The summed E-state index contributed by atoms with van der Waals surface area (Å²) in [4.78, 5) is 25.9. The fourth-order valence-electron chi connectivity index (χ4n) is 2.13. The number of anilines is 1. The van der Waals surface area contributed by atoms with Crippen molar-refractivity contribution in [3.05, 3.63) is 28.8 Å². The van der Waals surface area contributed by atoms with Crippen molar-refractivity contribution in [1.82, 2.24) is 0 Å². The molecule has 0 saturated heterocycles. The highest BCUT2D eigenvalue weighted by Gasteiger charge is 2.28. The van der Waals surface area contributed by atoms with Crippen LogP contribution in [0.5, 0.6) is 0 Å². The average molecular weight is 296 g/mol. The highest BCUT2D eigenvalue weighted by molar-refractivity contribution is 6.31. The molecule has 0 atom stereocenters. The van der Waals surface area contributed by atoms with E-state index < -0.39 is 11.7 Å². The minimum atomic E-state index is -0.569. The van der Waals surface area contributed by atoms with E-state index in [1.165, 1.54) is 4.90 Å². The Morgan fingerprint density at radius 2 is 2.05 bits per heavy atom. The van der Waals surface area contributed by atoms with Crippen LogP contribution < -0.4 is 4.90 Å². The Bertz CT molecular complexity index is 549. The van der Waals surface area contributed by atoms with Gasteiger partial charge in [-0.3, -0.25) is 9.69 Å². The summed E-state index contributed by atoms with van der Waals surface area (Å²) in [6.45, 7) is 5.92. The van der Waals surface area contributed by atoms with Crippen molar-refractivity contribution >= 4 is 29.2 Å². The second-order valence-corrected chi connectivity index (χ2v) is 6.26. The van der Waals surface area contributed by atoms with Crippen LogP contribution in [-0.2, 0) is 4.74 Å². The third kappa shape index (κ3) is 3.31. The number of amides is 1. The van der Waals surface area contributed by atoms with Crippen molar-refractivity contribution in [3.8, 4) is 0 Å². The fraction of sp³-hybridized carbons (Fsp3) is 0.467. The first-order valence-electron chi connectivity index (χ1n) is 6.61. The maximum Gasteiger partial charge on any atom is 0.414 e. The molecule has 0 bridgehead atoms. The number of rotatable bonds is 0. The topological polar surface area (TPSA) is 46.6 Å². The summed E-state index contributed by atoms with van der Waals surface area (Å²) in [6, 6.07) is 4.99. The third-order valence-electron chi connectivity index (χ3n) is 2.95. The van der Waals surface area contributed by atoms with Crippen LogP contribution in [0, 0.1) is 0 Å². The molecule has 5 heteroatoms.